The van der Waals surface area contributed by atoms with Crippen LogP contribution in [0.1, 0.15) is 31.6 Å². The summed E-state index contributed by atoms with van der Waals surface area (Å²) in [5.74, 6) is 0.595. The fourth-order valence-corrected chi connectivity index (χ4v) is 2.77. The maximum atomic E-state index is 12.1. The average molecular weight is 258 g/mol. The lowest BCUT2D eigenvalue weighted by molar-refractivity contribution is -0.134. The van der Waals surface area contributed by atoms with Gasteiger partial charge in [-0.3, -0.25) is 4.79 Å². The predicted octanol–water partition coefficient (Wildman–Crippen LogP) is 3.55. The molecule has 16 heavy (non-hydrogen) atoms. The van der Waals surface area contributed by atoms with E-state index < -0.39 is 0 Å². The van der Waals surface area contributed by atoms with Gasteiger partial charge >= 0.3 is 0 Å². The molecule has 0 unspecified atom stereocenters. The Morgan fingerprint density at radius 2 is 2.25 bits per heavy atom. The van der Waals surface area contributed by atoms with Crippen LogP contribution in [0.15, 0.2) is 12.1 Å². The third-order valence-corrected chi connectivity index (χ3v) is 4.00. The van der Waals surface area contributed by atoms with Gasteiger partial charge in [-0.1, -0.05) is 11.6 Å². The zero-order valence-electron chi connectivity index (χ0n) is 9.57. The van der Waals surface area contributed by atoms with Crippen molar-refractivity contribution >= 4 is 28.8 Å². The molecule has 1 aromatic rings. The van der Waals surface area contributed by atoms with Crippen LogP contribution in [0.2, 0.25) is 4.34 Å². The van der Waals surface area contributed by atoms with Gasteiger partial charge in [0, 0.05) is 16.8 Å². The Hall–Kier alpha value is -0.540. The van der Waals surface area contributed by atoms with Crippen LogP contribution < -0.4 is 0 Å². The van der Waals surface area contributed by atoms with E-state index in [1.165, 1.54) is 0 Å². The minimum absolute atomic E-state index is 0.258. The molecule has 2 nitrogen and oxygen atoms in total. The van der Waals surface area contributed by atoms with Crippen molar-refractivity contribution in [3.05, 3.63) is 21.3 Å². The molecule has 2 rings (SSSR count). The molecule has 1 amide bonds. The summed E-state index contributed by atoms with van der Waals surface area (Å²) in [6.45, 7) is 4.83. The van der Waals surface area contributed by atoms with Crippen LogP contribution in [-0.4, -0.2) is 16.8 Å². The summed E-state index contributed by atoms with van der Waals surface area (Å²) in [5.41, 5.74) is 0. The summed E-state index contributed by atoms with van der Waals surface area (Å²) in [5, 5.41) is 0. The van der Waals surface area contributed by atoms with E-state index in [2.05, 4.69) is 13.8 Å². The quantitative estimate of drug-likeness (QED) is 0.808. The van der Waals surface area contributed by atoms with Crippen molar-refractivity contribution in [1.29, 1.82) is 0 Å². The lowest BCUT2D eigenvalue weighted by Gasteiger charge is -2.26. The normalized spacial score (nSPS) is 15.5. The smallest absolute Gasteiger partial charge is 0.226 e. The van der Waals surface area contributed by atoms with Crippen molar-refractivity contribution in [1.82, 2.24) is 4.90 Å². The number of thiophene rings is 1. The third kappa shape index (κ3) is 2.77. The molecule has 1 aliphatic carbocycles. The van der Waals surface area contributed by atoms with Gasteiger partial charge in [0.25, 0.3) is 0 Å². The molecule has 4 heteroatoms. The van der Waals surface area contributed by atoms with Gasteiger partial charge in [-0.2, -0.15) is 0 Å². The summed E-state index contributed by atoms with van der Waals surface area (Å²) >= 11 is 7.45. The first-order chi connectivity index (χ1) is 7.58. The van der Waals surface area contributed by atoms with E-state index >= 15 is 0 Å². The van der Waals surface area contributed by atoms with Crippen molar-refractivity contribution in [3.63, 3.8) is 0 Å². The number of hydrogen-bond donors (Lipinski definition) is 0. The standard InChI is InChI=1S/C12H16ClNOS/c1-8(2)14(12(15)9-3-4-9)7-10-5-6-11(13)16-10/h5-6,8-9H,3-4,7H2,1-2H3. The molecule has 0 spiro atoms. The van der Waals surface area contributed by atoms with Gasteiger partial charge < -0.3 is 4.90 Å². The Balaban J connectivity index is 2.05. The summed E-state index contributed by atoms with van der Waals surface area (Å²) in [4.78, 5) is 15.2. The molecule has 0 aliphatic heterocycles. The van der Waals surface area contributed by atoms with Crippen molar-refractivity contribution in [3.8, 4) is 0 Å². The number of carbonyl (C=O) groups excluding carboxylic acids is 1. The number of rotatable bonds is 4. The number of halogens is 1. The van der Waals surface area contributed by atoms with E-state index in [9.17, 15) is 4.79 Å². The van der Waals surface area contributed by atoms with Gasteiger partial charge in [0.1, 0.15) is 0 Å². The molecule has 0 atom stereocenters. The molecule has 1 fully saturated rings. The van der Waals surface area contributed by atoms with E-state index in [0.717, 1.165) is 22.1 Å². The first-order valence-corrected chi connectivity index (χ1v) is 6.82. The lowest BCUT2D eigenvalue weighted by atomic mass is 10.2. The van der Waals surface area contributed by atoms with Crippen LogP contribution >= 0.6 is 22.9 Å². The van der Waals surface area contributed by atoms with Gasteiger partial charge in [0.15, 0.2) is 0 Å². The molecule has 1 heterocycles. The van der Waals surface area contributed by atoms with Crippen LogP contribution in [0.3, 0.4) is 0 Å². The lowest BCUT2D eigenvalue weighted by Crippen LogP contribution is -2.37. The predicted molar refractivity (Wildman–Crippen MR) is 67.7 cm³/mol. The molecule has 0 N–H and O–H groups in total. The van der Waals surface area contributed by atoms with Crippen LogP contribution in [0.4, 0.5) is 0 Å². The van der Waals surface area contributed by atoms with Crippen molar-refractivity contribution in [2.45, 2.75) is 39.3 Å². The number of nitrogens with zero attached hydrogens (tertiary/aromatic N) is 1. The Kier molecular flexibility index (Phi) is 3.55. The summed E-state index contributed by atoms with van der Waals surface area (Å²) in [7, 11) is 0. The van der Waals surface area contributed by atoms with Gasteiger partial charge in [0.05, 0.1) is 10.9 Å². The van der Waals surface area contributed by atoms with E-state index in [-0.39, 0.29) is 12.0 Å². The summed E-state index contributed by atoms with van der Waals surface area (Å²) in [6.07, 6.45) is 2.13. The van der Waals surface area contributed by atoms with Crippen molar-refractivity contribution in [2.24, 2.45) is 5.92 Å². The third-order valence-electron chi connectivity index (χ3n) is 2.79. The van der Waals surface area contributed by atoms with Gasteiger partial charge in [0.2, 0.25) is 5.91 Å². The Bertz CT molecular complexity index is 384. The first kappa shape index (κ1) is 11.9. The van der Waals surface area contributed by atoms with Gasteiger partial charge in [-0.15, -0.1) is 11.3 Å². The average Bonchev–Trinajstić information content (AvgIpc) is 2.98. The van der Waals surface area contributed by atoms with Gasteiger partial charge in [-0.05, 0) is 38.8 Å². The number of hydrogen-bond acceptors (Lipinski definition) is 2. The van der Waals surface area contributed by atoms with Crippen LogP contribution in [0.5, 0.6) is 0 Å². The first-order valence-electron chi connectivity index (χ1n) is 5.62. The topological polar surface area (TPSA) is 20.3 Å². The summed E-state index contributed by atoms with van der Waals surface area (Å²) < 4.78 is 0.789. The molecule has 0 aromatic carbocycles. The van der Waals surface area contributed by atoms with E-state index in [4.69, 9.17) is 11.6 Å². The number of carbonyl (C=O) groups is 1. The highest BCUT2D eigenvalue weighted by atomic mass is 35.5. The van der Waals surface area contributed by atoms with E-state index in [0.29, 0.717) is 12.5 Å². The molecule has 0 bridgehead atoms. The molecular formula is C12H16ClNOS. The Labute approximate surface area is 105 Å². The fraction of sp³-hybridized carbons (Fsp3) is 0.583. The molecule has 0 radical (unpaired) electrons. The molecule has 1 saturated carbocycles. The largest absolute Gasteiger partial charge is 0.335 e. The molecular weight excluding hydrogens is 242 g/mol. The fourth-order valence-electron chi connectivity index (χ4n) is 1.68. The second kappa shape index (κ2) is 4.76. The minimum Gasteiger partial charge on any atom is -0.335 e. The molecule has 1 aliphatic rings. The maximum absolute atomic E-state index is 12.1. The van der Waals surface area contributed by atoms with Crippen LogP contribution in [-0.2, 0) is 11.3 Å². The van der Waals surface area contributed by atoms with Crippen molar-refractivity contribution in [2.75, 3.05) is 0 Å². The minimum atomic E-state index is 0.258. The molecule has 88 valence electrons. The summed E-state index contributed by atoms with van der Waals surface area (Å²) in [6, 6.07) is 4.15. The van der Waals surface area contributed by atoms with Gasteiger partial charge in [-0.25, -0.2) is 0 Å². The van der Waals surface area contributed by atoms with E-state index in [1.807, 2.05) is 17.0 Å². The Morgan fingerprint density at radius 1 is 1.56 bits per heavy atom. The molecule has 0 saturated heterocycles. The SMILES string of the molecule is CC(C)N(Cc1ccc(Cl)s1)C(=O)C1CC1. The monoisotopic (exact) mass is 257 g/mol. The highest BCUT2D eigenvalue weighted by Crippen LogP contribution is 2.33. The van der Waals surface area contributed by atoms with Crippen molar-refractivity contribution < 1.29 is 4.79 Å². The zero-order valence-corrected chi connectivity index (χ0v) is 11.1. The van der Waals surface area contributed by atoms with E-state index in [1.54, 1.807) is 11.3 Å². The Morgan fingerprint density at radius 3 is 2.69 bits per heavy atom. The second-order valence-electron chi connectivity index (χ2n) is 4.54. The van der Waals surface area contributed by atoms with Crippen LogP contribution in [0.25, 0.3) is 0 Å². The number of amides is 1. The zero-order chi connectivity index (χ0) is 11.7. The highest BCUT2D eigenvalue weighted by Gasteiger charge is 2.34. The second-order valence-corrected chi connectivity index (χ2v) is 6.34. The highest BCUT2D eigenvalue weighted by molar-refractivity contribution is 7.16. The van der Waals surface area contributed by atoms with Crippen LogP contribution in [0, 0.1) is 5.92 Å². The molecule has 1 aromatic heterocycles. The maximum Gasteiger partial charge on any atom is 0.226 e.